The van der Waals surface area contributed by atoms with Crippen LogP contribution in [-0.4, -0.2) is 23.0 Å². The first-order valence-corrected chi connectivity index (χ1v) is 6.72. The molecular weight excluding hydrogens is 318 g/mol. The van der Waals surface area contributed by atoms with Gasteiger partial charge in [-0.15, -0.1) is 0 Å². The standard InChI is InChI=1S/C15H11N3O6/c1-23-12-6-24-11(5-10(12)19)13(20)16-7-2-3-8-9(4-7)18-15(22)14(21)17-8/h2-6H,1H3,(H,16,20)(H,17,21)(H,18,22). The number of anilines is 1. The number of hydrogen-bond donors (Lipinski definition) is 3. The van der Waals surface area contributed by atoms with Crippen molar-refractivity contribution in [1.29, 1.82) is 0 Å². The summed E-state index contributed by atoms with van der Waals surface area (Å²) in [5, 5.41) is 2.52. The van der Waals surface area contributed by atoms with Crippen LogP contribution in [0.1, 0.15) is 10.6 Å². The molecule has 2 aromatic heterocycles. The molecule has 1 aromatic carbocycles. The Balaban J connectivity index is 1.91. The maximum atomic E-state index is 12.1. The summed E-state index contributed by atoms with van der Waals surface area (Å²) in [6, 6.07) is 5.52. The summed E-state index contributed by atoms with van der Waals surface area (Å²) < 4.78 is 9.81. The van der Waals surface area contributed by atoms with Gasteiger partial charge in [0.05, 0.1) is 18.1 Å². The SMILES string of the molecule is COc1coc(C(=O)Nc2ccc3[nH]c(=O)c(=O)[nH]c3c2)cc1=O. The second kappa shape index (κ2) is 5.88. The third-order valence-corrected chi connectivity index (χ3v) is 3.22. The van der Waals surface area contributed by atoms with Crippen molar-refractivity contribution in [2.45, 2.75) is 0 Å². The number of ether oxygens (including phenoxy) is 1. The predicted octanol–water partition coefficient (Wildman–Crippen LogP) is 0.430. The molecular formula is C15H11N3O6. The Morgan fingerprint density at radius 3 is 2.46 bits per heavy atom. The molecule has 3 rings (SSSR count). The quantitative estimate of drug-likeness (QED) is 0.597. The van der Waals surface area contributed by atoms with Crippen molar-refractivity contribution in [3.63, 3.8) is 0 Å². The Morgan fingerprint density at radius 1 is 1.08 bits per heavy atom. The zero-order valence-corrected chi connectivity index (χ0v) is 12.3. The van der Waals surface area contributed by atoms with Crippen LogP contribution in [-0.2, 0) is 0 Å². The van der Waals surface area contributed by atoms with Gasteiger partial charge in [0.25, 0.3) is 5.91 Å². The maximum absolute atomic E-state index is 12.1. The predicted molar refractivity (Wildman–Crippen MR) is 84.7 cm³/mol. The van der Waals surface area contributed by atoms with Crippen LogP contribution in [0.2, 0.25) is 0 Å². The molecule has 0 radical (unpaired) electrons. The minimum atomic E-state index is -0.799. The number of carbonyl (C=O) groups excluding carboxylic acids is 1. The maximum Gasteiger partial charge on any atom is 0.314 e. The Morgan fingerprint density at radius 2 is 1.79 bits per heavy atom. The minimum Gasteiger partial charge on any atom is -0.490 e. The number of hydrogen-bond acceptors (Lipinski definition) is 6. The van der Waals surface area contributed by atoms with Crippen LogP contribution >= 0.6 is 0 Å². The van der Waals surface area contributed by atoms with E-state index in [0.29, 0.717) is 16.7 Å². The first-order valence-electron chi connectivity index (χ1n) is 6.72. The van der Waals surface area contributed by atoms with Crippen molar-refractivity contribution in [1.82, 2.24) is 9.97 Å². The van der Waals surface area contributed by atoms with E-state index >= 15 is 0 Å². The number of amides is 1. The first kappa shape index (κ1) is 15.3. The fraction of sp³-hybridized carbons (Fsp3) is 0.0667. The number of rotatable bonds is 3. The fourth-order valence-corrected chi connectivity index (χ4v) is 2.05. The van der Waals surface area contributed by atoms with Crippen molar-refractivity contribution in [3.8, 4) is 5.75 Å². The Hall–Kier alpha value is -3.62. The minimum absolute atomic E-state index is 0.0150. The van der Waals surface area contributed by atoms with Crippen LogP contribution < -0.4 is 26.6 Å². The molecule has 0 fully saturated rings. The second-order valence-electron chi connectivity index (χ2n) is 4.80. The lowest BCUT2D eigenvalue weighted by Gasteiger charge is -2.06. The van der Waals surface area contributed by atoms with Crippen molar-refractivity contribution in [2.24, 2.45) is 0 Å². The highest BCUT2D eigenvalue weighted by Gasteiger charge is 2.12. The molecule has 0 bridgehead atoms. The summed E-state index contributed by atoms with van der Waals surface area (Å²) in [7, 11) is 1.31. The number of methoxy groups -OCH3 is 1. The first-order chi connectivity index (χ1) is 11.5. The fourth-order valence-electron chi connectivity index (χ4n) is 2.05. The molecule has 3 aromatic rings. The topological polar surface area (TPSA) is 134 Å². The molecule has 9 nitrogen and oxygen atoms in total. The summed E-state index contributed by atoms with van der Waals surface area (Å²) in [4.78, 5) is 51.1. The van der Waals surface area contributed by atoms with Gasteiger partial charge >= 0.3 is 11.1 Å². The Labute approximate surface area is 132 Å². The summed E-state index contributed by atoms with van der Waals surface area (Å²) in [6.45, 7) is 0. The van der Waals surface area contributed by atoms with Crippen LogP contribution in [0.5, 0.6) is 5.75 Å². The molecule has 0 aliphatic rings. The van der Waals surface area contributed by atoms with Gasteiger partial charge in [-0.1, -0.05) is 0 Å². The average Bonchev–Trinajstić information content (AvgIpc) is 2.56. The summed E-state index contributed by atoms with van der Waals surface area (Å²) in [5.74, 6) is -0.865. The molecule has 0 saturated carbocycles. The van der Waals surface area contributed by atoms with E-state index in [-0.39, 0.29) is 11.5 Å². The lowest BCUT2D eigenvalue weighted by Crippen LogP contribution is -2.28. The van der Waals surface area contributed by atoms with E-state index in [1.165, 1.54) is 25.3 Å². The Bertz CT molecular complexity index is 1110. The zero-order valence-electron chi connectivity index (χ0n) is 12.3. The van der Waals surface area contributed by atoms with Crippen LogP contribution in [0.3, 0.4) is 0 Å². The number of benzene rings is 1. The highest BCUT2D eigenvalue weighted by molar-refractivity contribution is 6.02. The largest absolute Gasteiger partial charge is 0.490 e. The molecule has 9 heteroatoms. The average molecular weight is 329 g/mol. The number of H-pyrrole nitrogens is 2. The lowest BCUT2D eigenvalue weighted by atomic mass is 10.2. The van der Waals surface area contributed by atoms with E-state index in [0.717, 1.165) is 12.3 Å². The van der Waals surface area contributed by atoms with Crippen molar-refractivity contribution < 1.29 is 13.9 Å². The summed E-state index contributed by atoms with van der Waals surface area (Å²) >= 11 is 0. The van der Waals surface area contributed by atoms with Gasteiger partial charge in [-0.2, -0.15) is 0 Å². The second-order valence-corrected chi connectivity index (χ2v) is 4.80. The molecule has 0 saturated heterocycles. The van der Waals surface area contributed by atoms with E-state index < -0.39 is 22.5 Å². The van der Waals surface area contributed by atoms with Gasteiger partial charge < -0.3 is 24.4 Å². The molecule has 2 heterocycles. The van der Waals surface area contributed by atoms with Crippen molar-refractivity contribution in [3.05, 3.63) is 67.2 Å². The van der Waals surface area contributed by atoms with Crippen LogP contribution in [0, 0.1) is 0 Å². The summed E-state index contributed by atoms with van der Waals surface area (Å²) in [5.41, 5.74) is -0.962. The smallest absolute Gasteiger partial charge is 0.314 e. The third kappa shape index (κ3) is 2.82. The van der Waals surface area contributed by atoms with Gasteiger partial charge in [0.15, 0.2) is 5.76 Å². The highest BCUT2D eigenvalue weighted by Crippen LogP contribution is 2.15. The number of carbonyl (C=O) groups is 1. The number of aromatic amines is 2. The molecule has 0 aliphatic carbocycles. The van der Waals surface area contributed by atoms with E-state index in [2.05, 4.69) is 15.3 Å². The van der Waals surface area contributed by atoms with E-state index in [4.69, 9.17) is 9.15 Å². The van der Waals surface area contributed by atoms with Crippen molar-refractivity contribution >= 4 is 22.6 Å². The lowest BCUT2D eigenvalue weighted by molar-refractivity contribution is 0.0993. The van der Waals surface area contributed by atoms with Crippen molar-refractivity contribution in [2.75, 3.05) is 12.4 Å². The summed E-state index contributed by atoms with van der Waals surface area (Å²) in [6.07, 6.45) is 1.04. The van der Waals surface area contributed by atoms with Crippen LogP contribution in [0.15, 0.2) is 49.3 Å². The van der Waals surface area contributed by atoms with Gasteiger partial charge in [0, 0.05) is 11.8 Å². The molecule has 122 valence electrons. The molecule has 1 amide bonds. The highest BCUT2D eigenvalue weighted by atomic mass is 16.5. The number of aromatic nitrogens is 2. The molecule has 0 spiro atoms. The molecule has 0 aliphatic heterocycles. The molecule has 0 unspecified atom stereocenters. The van der Waals surface area contributed by atoms with Gasteiger partial charge in [-0.25, -0.2) is 0 Å². The monoisotopic (exact) mass is 329 g/mol. The molecule has 3 N–H and O–H groups in total. The van der Waals surface area contributed by atoms with Gasteiger partial charge in [-0.05, 0) is 18.2 Å². The molecule has 0 atom stereocenters. The Kier molecular flexibility index (Phi) is 3.74. The van der Waals surface area contributed by atoms with Crippen LogP contribution in [0.4, 0.5) is 5.69 Å². The molecule has 24 heavy (non-hydrogen) atoms. The van der Waals surface area contributed by atoms with E-state index in [1.807, 2.05) is 0 Å². The van der Waals surface area contributed by atoms with Gasteiger partial charge in [0.1, 0.15) is 6.26 Å². The normalized spacial score (nSPS) is 10.5. The van der Waals surface area contributed by atoms with Crippen LogP contribution in [0.25, 0.3) is 11.0 Å². The van der Waals surface area contributed by atoms with E-state index in [9.17, 15) is 19.2 Å². The number of fused-ring (bicyclic) bond motifs is 1. The third-order valence-electron chi connectivity index (χ3n) is 3.22. The van der Waals surface area contributed by atoms with E-state index in [1.54, 1.807) is 0 Å². The zero-order chi connectivity index (χ0) is 17.3. The van der Waals surface area contributed by atoms with Gasteiger partial charge in [-0.3, -0.25) is 19.2 Å². The van der Waals surface area contributed by atoms with Gasteiger partial charge in [0.2, 0.25) is 11.2 Å². The number of nitrogens with one attached hydrogen (secondary N) is 3.